The Bertz CT molecular complexity index is 487. The van der Waals surface area contributed by atoms with Crippen molar-refractivity contribution in [2.75, 3.05) is 18.2 Å². The number of methoxy groups -OCH3 is 1. The number of esters is 1. The van der Waals surface area contributed by atoms with Gasteiger partial charge in [0, 0.05) is 5.69 Å². The first-order chi connectivity index (χ1) is 8.66. The topological polar surface area (TPSA) is 84.6 Å². The molecule has 4 N–H and O–H groups in total. The first-order valence-electron chi connectivity index (χ1n) is 5.20. The number of nitrogen functional groups attached to an aromatic ring is 1. The lowest BCUT2D eigenvalue weighted by molar-refractivity contribution is -0.136. The van der Waals surface area contributed by atoms with Crippen LogP contribution in [0.2, 0.25) is 0 Å². The number of carbonyl (C=O) groups is 1. The highest BCUT2D eigenvalue weighted by molar-refractivity contribution is 5.97. The number of carbonyl (C=O) groups excluding carboxylic acids is 1. The van der Waals surface area contributed by atoms with E-state index in [0.717, 1.165) is 13.2 Å². The first-order valence-corrected chi connectivity index (χ1v) is 5.20. The number of rotatable bonds is 3. The molecule has 0 heterocycles. The van der Waals surface area contributed by atoms with Crippen molar-refractivity contribution < 1.29 is 27.8 Å². The van der Waals surface area contributed by atoms with E-state index < -0.39 is 29.6 Å². The van der Waals surface area contributed by atoms with Gasteiger partial charge in [0.15, 0.2) is 0 Å². The monoisotopic (exact) mass is 278 g/mol. The van der Waals surface area contributed by atoms with Gasteiger partial charge >= 0.3 is 12.1 Å². The minimum atomic E-state index is -4.66. The van der Waals surface area contributed by atoms with Crippen LogP contribution in [0.15, 0.2) is 12.1 Å². The number of aliphatic hydroxyl groups excluding tert-OH is 1. The number of nitrogens with two attached hydrogens (primary N) is 1. The van der Waals surface area contributed by atoms with Crippen LogP contribution in [-0.2, 0) is 10.9 Å². The van der Waals surface area contributed by atoms with Gasteiger partial charge in [-0.15, -0.1) is 0 Å². The Morgan fingerprint density at radius 2 is 2.05 bits per heavy atom. The third-order valence-corrected chi connectivity index (χ3v) is 2.26. The van der Waals surface area contributed by atoms with Gasteiger partial charge < -0.3 is 20.9 Å². The Morgan fingerprint density at radius 1 is 1.47 bits per heavy atom. The quantitative estimate of drug-likeness (QED) is 0.446. The predicted octanol–water partition coefficient (Wildman–Crippen LogP) is 1.82. The molecule has 0 amide bonds. The third-order valence-electron chi connectivity index (χ3n) is 2.26. The predicted molar refractivity (Wildman–Crippen MR) is 62.5 cm³/mol. The molecular formula is C11H13F3N2O3. The number of halogens is 3. The summed E-state index contributed by atoms with van der Waals surface area (Å²) in [6, 6.07) is 1.52. The Labute approximate surface area is 107 Å². The van der Waals surface area contributed by atoms with Crippen LogP contribution in [0, 0.1) is 0 Å². The summed E-state index contributed by atoms with van der Waals surface area (Å²) < 4.78 is 42.5. The maximum absolute atomic E-state index is 12.7. The van der Waals surface area contributed by atoms with E-state index >= 15 is 0 Å². The second-order valence-corrected chi connectivity index (χ2v) is 3.79. The highest BCUT2D eigenvalue weighted by atomic mass is 19.4. The number of hydrogen-bond acceptors (Lipinski definition) is 5. The van der Waals surface area contributed by atoms with Crippen LogP contribution in [0.1, 0.15) is 22.8 Å². The molecular weight excluding hydrogens is 265 g/mol. The van der Waals surface area contributed by atoms with Crippen LogP contribution in [0.3, 0.4) is 0 Å². The van der Waals surface area contributed by atoms with Crippen molar-refractivity contribution in [3.63, 3.8) is 0 Å². The minimum absolute atomic E-state index is 0.186. The Morgan fingerprint density at radius 3 is 2.47 bits per heavy atom. The molecule has 1 aromatic rings. The Hall–Kier alpha value is -1.96. The van der Waals surface area contributed by atoms with E-state index in [0.29, 0.717) is 6.07 Å². The fraction of sp³-hybridized carbons (Fsp3) is 0.364. The van der Waals surface area contributed by atoms with Gasteiger partial charge in [-0.3, -0.25) is 0 Å². The van der Waals surface area contributed by atoms with Gasteiger partial charge in [0.1, 0.15) is 6.23 Å². The number of nitrogens with one attached hydrogen (secondary N) is 1. The van der Waals surface area contributed by atoms with Crippen molar-refractivity contribution >= 4 is 17.3 Å². The van der Waals surface area contributed by atoms with E-state index in [1.54, 1.807) is 0 Å². The summed E-state index contributed by atoms with van der Waals surface area (Å²) >= 11 is 0. The van der Waals surface area contributed by atoms with Gasteiger partial charge in [0.25, 0.3) is 0 Å². The number of aliphatic hydroxyl groups is 1. The molecule has 0 aliphatic carbocycles. The maximum Gasteiger partial charge on any atom is 0.418 e. The average molecular weight is 278 g/mol. The molecule has 1 unspecified atom stereocenters. The van der Waals surface area contributed by atoms with Gasteiger partial charge in [0.05, 0.1) is 23.9 Å². The number of hydrogen-bond donors (Lipinski definition) is 3. The van der Waals surface area contributed by atoms with Crippen molar-refractivity contribution in [3.05, 3.63) is 23.3 Å². The lowest BCUT2D eigenvalue weighted by Gasteiger charge is -2.17. The molecule has 1 aromatic carbocycles. The second-order valence-electron chi connectivity index (χ2n) is 3.79. The van der Waals surface area contributed by atoms with Crippen LogP contribution in [0.5, 0.6) is 0 Å². The fourth-order valence-corrected chi connectivity index (χ4v) is 1.49. The molecule has 1 atom stereocenters. The van der Waals surface area contributed by atoms with Gasteiger partial charge in [-0.25, -0.2) is 4.79 Å². The zero-order chi connectivity index (χ0) is 14.8. The standard InChI is InChI=1S/C11H13F3N2O3/c1-5(17)16-9-4-7(11(12,13)14)8(15)3-6(9)10(18)19-2/h3-5,16-17H,15H2,1-2H3. The molecule has 0 radical (unpaired) electrons. The zero-order valence-corrected chi connectivity index (χ0v) is 10.2. The van der Waals surface area contributed by atoms with E-state index in [4.69, 9.17) is 5.73 Å². The largest absolute Gasteiger partial charge is 0.465 e. The summed E-state index contributed by atoms with van der Waals surface area (Å²) in [4.78, 5) is 11.4. The zero-order valence-electron chi connectivity index (χ0n) is 10.2. The molecule has 0 bridgehead atoms. The molecule has 8 heteroatoms. The normalized spacial score (nSPS) is 12.9. The molecule has 0 fully saturated rings. The van der Waals surface area contributed by atoms with Gasteiger partial charge in [-0.05, 0) is 19.1 Å². The summed E-state index contributed by atoms with van der Waals surface area (Å²) in [5, 5.41) is 11.5. The summed E-state index contributed by atoms with van der Waals surface area (Å²) in [5.74, 6) is -0.858. The van der Waals surface area contributed by atoms with Crippen LogP contribution in [0.4, 0.5) is 24.5 Å². The maximum atomic E-state index is 12.7. The summed E-state index contributed by atoms with van der Waals surface area (Å²) in [5.41, 5.74) is 3.20. The Balaban J connectivity index is 3.41. The van der Waals surface area contributed by atoms with Crippen molar-refractivity contribution in [1.29, 1.82) is 0 Å². The Kier molecular flexibility index (Phi) is 4.25. The molecule has 0 saturated carbocycles. The van der Waals surface area contributed by atoms with E-state index in [1.807, 2.05) is 0 Å². The lowest BCUT2D eigenvalue weighted by atomic mass is 10.1. The van der Waals surface area contributed by atoms with Crippen LogP contribution in [-0.4, -0.2) is 24.4 Å². The molecule has 0 saturated heterocycles. The summed E-state index contributed by atoms with van der Waals surface area (Å²) in [7, 11) is 1.09. The molecule has 0 aliphatic rings. The number of alkyl halides is 3. The van der Waals surface area contributed by atoms with Crippen LogP contribution >= 0.6 is 0 Å². The van der Waals surface area contributed by atoms with Crippen molar-refractivity contribution in [1.82, 2.24) is 0 Å². The number of benzene rings is 1. The molecule has 106 valence electrons. The number of ether oxygens (including phenoxy) is 1. The van der Waals surface area contributed by atoms with Crippen LogP contribution < -0.4 is 11.1 Å². The van der Waals surface area contributed by atoms with Crippen molar-refractivity contribution in [3.8, 4) is 0 Å². The summed E-state index contributed by atoms with van der Waals surface area (Å²) in [6.07, 6.45) is -5.80. The smallest absolute Gasteiger partial charge is 0.418 e. The summed E-state index contributed by atoms with van der Waals surface area (Å²) in [6.45, 7) is 1.30. The molecule has 0 aromatic heterocycles. The highest BCUT2D eigenvalue weighted by Gasteiger charge is 2.34. The van der Waals surface area contributed by atoms with Gasteiger partial charge in [-0.2, -0.15) is 13.2 Å². The second kappa shape index (κ2) is 5.35. The third kappa shape index (κ3) is 3.50. The molecule has 19 heavy (non-hydrogen) atoms. The molecule has 1 rings (SSSR count). The number of anilines is 2. The first kappa shape index (κ1) is 15.1. The molecule has 0 aliphatic heterocycles. The van der Waals surface area contributed by atoms with E-state index in [-0.39, 0.29) is 11.3 Å². The fourth-order valence-electron chi connectivity index (χ4n) is 1.49. The SMILES string of the molecule is COC(=O)c1cc(N)c(C(F)(F)F)cc1NC(C)O. The van der Waals surface area contributed by atoms with E-state index in [1.165, 1.54) is 6.92 Å². The lowest BCUT2D eigenvalue weighted by Crippen LogP contribution is -2.19. The molecule has 0 spiro atoms. The van der Waals surface area contributed by atoms with Crippen molar-refractivity contribution in [2.24, 2.45) is 0 Å². The van der Waals surface area contributed by atoms with Crippen LogP contribution in [0.25, 0.3) is 0 Å². The van der Waals surface area contributed by atoms with Gasteiger partial charge in [0.2, 0.25) is 0 Å². The van der Waals surface area contributed by atoms with E-state index in [9.17, 15) is 23.1 Å². The van der Waals surface area contributed by atoms with Gasteiger partial charge in [-0.1, -0.05) is 0 Å². The minimum Gasteiger partial charge on any atom is -0.465 e. The highest BCUT2D eigenvalue weighted by Crippen LogP contribution is 2.37. The van der Waals surface area contributed by atoms with Crippen molar-refractivity contribution in [2.45, 2.75) is 19.3 Å². The average Bonchev–Trinajstić information content (AvgIpc) is 2.27. The molecule has 5 nitrogen and oxygen atoms in total. The van der Waals surface area contributed by atoms with E-state index in [2.05, 4.69) is 10.1 Å².